The van der Waals surface area contributed by atoms with E-state index < -0.39 is 0 Å². The molecule has 2 aromatic heterocycles. The lowest BCUT2D eigenvalue weighted by Gasteiger charge is -2.33. The number of anilines is 1. The summed E-state index contributed by atoms with van der Waals surface area (Å²) in [6.07, 6.45) is 7.76. The third-order valence-corrected chi connectivity index (χ3v) is 3.91. The van der Waals surface area contributed by atoms with Gasteiger partial charge in [-0.2, -0.15) is 0 Å². The van der Waals surface area contributed by atoms with Gasteiger partial charge in [-0.15, -0.1) is 0 Å². The molecule has 1 N–H and O–H groups in total. The molecule has 1 fully saturated rings. The number of hydrogen-bond acceptors (Lipinski definition) is 5. The van der Waals surface area contributed by atoms with E-state index in [0.29, 0.717) is 6.04 Å². The van der Waals surface area contributed by atoms with Crippen molar-refractivity contribution in [1.82, 2.24) is 19.9 Å². The second-order valence-electron chi connectivity index (χ2n) is 5.54. The number of likely N-dealkylation sites (tertiary alicyclic amines) is 1. The first-order valence-corrected chi connectivity index (χ1v) is 7.47. The number of nitrogens with zero attached hydrogens (tertiary/aromatic N) is 4. The summed E-state index contributed by atoms with van der Waals surface area (Å²) in [5.41, 5.74) is 2.44. The smallest absolute Gasteiger partial charge is 0.222 e. The molecule has 1 atom stereocenters. The Hall–Kier alpha value is -2.01. The predicted octanol–water partition coefficient (Wildman–Crippen LogP) is 2.26. The standard InChI is InChI=1S/C16H21N5/c1-13-14(5-2-7-17-13)11-21-10-3-6-15(12-21)20-16-18-8-4-9-19-16/h2,4-5,7-9,15H,3,6,10-12H2,1H3,(H,18,19,20). The molecule has 21 heavy (non-hydrogen) atoms. The molecule has 1 aliphatic rings. The minimum atomic E-state index is 0.415. The molecule has 2 aromatic rings. The zero-order valence-electron chi connectivity index (χ0n) is 12.4. The fourth-order valence-corrected chi connectivity index (χ4v) is 2.80. The van der Waals surface area contributed by atoms with Crippen LogP contribution in [0.2, 0.25) is 0 Å². The number of piperidine rings is 1. The minimum absolute atomic E-state index is 0.415. The molecule has 5 nitrogen and oxygen atoms in total. The van der Waals surface area contributed by atoms with Crippen LogP contribution in [0.5, 0.6) is 0 Å². The molecular formula is C16H21N5. The molecule has 0 radical (unpaired) electrons. The Labute approximate surface area is 125 Å². The van der Waals surface area contributed by atoms with Gasteiger partial charge in [-0.3, -0.25) is 9.88 Å². The second-order valence-corrected chi connectivity index (χ2v) is 5.54. The summed E-state index contributed by atoms with van der Waals surface area (Å²) in [4.78, 5) is 15.3. The lowest BCUT2D eigenvalue weighted by Crippen LogP contribution is -2.42. The van der Waals surface area contributed by atoms with E-state index in [1.165, 1.54) is 18.4 Å². The lowest BCUT2D eigenvalue weighted by atomic mass is 10.0. The number of rotatable bonds is 4. The minimum Gasteiger partial charge on any atom is -0.350 e. The van der Waals surface area contributed by atoms with Gasteiger partial charge >= 0.3 is 0 Å². The number of hydrogen-bond donors (Lipinski definition) is 1. The summed E-state index contributed by atoms with van der Waals surface area (Å²) in [7, 11) is 0. The van der Waals surface area contributed by atoms with Gasteiger partial charge in [0.15, 0.2) is 0 Å². The van der Waals surface area contributed by atoms with Crippen molar-refractivity contribution in [2.75, 3.05) is 18.4 Å². The SMILES string of the molecule is Cc1ncccc1CN1CCCC(Nc2ncccn2)C1. The molecular weight excluding hydrogens is 262 g/mol. The Kier molecular flexibility index (Phi) is 4.40. The van der Waals surface area contributed by atoms with Gasteiger partial charge in [-0.1, -0.05) is 6.07 Å². The summed E-state index contributed by atoms with van der Waals surface area (Å²) in [5, 5.41) is 3.43. The lowest BCUT2D eigenvalue weighted by molar-refractivity contribution is 0.207. The molecule has 0 aromatic carbocycles. The van der Waals surface area contributed by atoms with Crippen LogP contribution in [0.15, 0.2) is 36.8 Å². The predicted molar refractivity (Wildman–Crippen MR) is 82.9 cm³/mol. The molecule has 1 unspecified atom stereocenters. The summed E-state index contributed by atoms with van der Waals surface area (Å²) in [5.74, 6) is 0.724. The Balaban J connectivity index is 1.60. The molecule has 5 heteroatoms. The molecule has 0 amide bonds. The highest BCUT2D eigenvalue weighted by atomic mass is 15.2. The zero-order chi connectivity index (χ0) is 14.5. The molecule has 110 valence electrons. The van der Waals surface area contributed by atoms with Crippen molar-refractivity contribution < 1.29 is 0 Å². The number of aromatic nitrogens is 3. The zero-order valence-corrected chi connectivity index (χ0v) is 12.4. The first-order chi connectivity index (χ1) is 10.3. The van der Waals surface area contributed by atoms with E-state index in [9.17, 15) is 0 Å². The summed E-state index contributed by atoms with van der Waals surface area (Å²) < 4.78 is 0. The number of pyridine rings is 1. The quantitative estimate of drug-likeness (QED) is 0.932. The van der Waals surface area contributed by atoms with E-state index in [1.54, 1.807) is 12.4 Å². The summed E-state index contributed by atoms with van der Waals surface area (Å²) in [6, 6.07) is 6.43. The van der Waals surface area contributed by atoms with Crippen LogP contribution in [0.4, 0.5) is 5.95 Å². The molecule has 0 saturated carbocycles. The van der Waals surface area contributed by atoms with E-state index in [2.05, 4.69) is 38.2 Å². The Morgan fingerprint density at radius 2 is 2.00 bits per heavy atom. The van der Waals surface area contributed by atoms with Gasteiger partial charge in [0.25, 0.3) is 0 Å². The van der Waals surface area contributed by atoms with Gasteiger partial charge in [0.05, 0.1) is 0 Å². The highest BCUT2D eigenvalue weighted by molar-refractivity contribution is 5.25. The van der Waals surface area contributed by atoms with E-state index in [0.717, 1.165) is 31.3 Å². The molecule has 0 spiro atoms. The van der Waals surface area contributed by atoms with E-state index in [-0.39, 0.29) is 0 Å². The van der Waals surface area contributed by atoms with Crippen molar-refractivity contribution >= 4 is 5.95 Å². The fraction of sp³-hybridized carbons (Fsp3) is 0.438. The van der Waals surface area contributed by atoms with Crippen molar-refractivity contribution in [2.45, 2.75) is 32.4 Å². The summed E-state index contributed by atoms with van der Waals surface area (Å²) in [6.45, 7) is 5.20. The summed E-state index contributed by atoms with van der Waals surface area (Å²) >= 11 is 0. The van der Waals surface area contributed by atoms with Crippen molar-refractivity contribution in [3.63, 3.8) is 0 Å². The van der Waals surface area contributed by atoms with Crippen LogP contribution in [-0.2, 0) is 6.54 Å². The van der Waals surface area contributed by atoms with Crippen molar-refractivity contribution in [3.05, 3.63) is 48.0 Å². The maximum Gasteiger partial charge on any atom is 0.222 e. The molecule has 0 bridgehead atoms. The van der Waals surface area contributed by atoms with Crippen LogP contribution >= 0.6 is 0 Å². The first-order valence-electron chi connectivity index (χ1n) is 7.47. The fourth-order valence-electron chi connectivity index (χ4n) is 2.80. The van der Waals surface area contributed by atoms with Gasteiger partial charge in [0, 0.05) is 43.4 Å². The van der Waals surface area contributed by atoms with Gasteiger partial charge in [-0.25, -0.2) is 9.97 Å². The first kappa shape index (κ1) is 13.9. The molecule has 0 aliphatic carbocycles. The second kappa shape index (κ2) is 6.63. The Bertz CT molecular complexity index is 572. The van der Waals surface area contributed by atoms with Gasteiger partial charge in [-0.05, 0) is 44.0 Å². The maximum absolute atomic E-state index is 4.37. The third kappa shape index (κ3) is 3.76. The van der Waals surface area contributed by atoms with Gasteiger partial charge in [0.2, 0.25) is 5.95 Å². The van der Waals surface area contributed by atoms with Crippen LogP contribution < -0.4 is 5.32 Å². The number of aryl methyl sites for hydroxylation is 1. The Morgan fingerprint density at radius 3 is 2.81 bits per heavy atom. The van der Waals surface area contributed by atoms with Crippen molar-refractivity contribution in [2.24, 2.45) is 0 Å². The van der Waals surface area contributed by atoms with Gasteiger partial charge in [0.1, 0.15) is 0 Å². The average Bonchev–Trinajstić information content (AvgIpc) is 2.51. The van der Waals surface area contributed by atoms with E-state index >= 15 is 0 Å². The molecule has 3 rings (SSSR count). The monoisotopic (exact) mass is 283 g/mol. The maximum atomic E-state index is 4.37. The highest BCUT2D eigenvalue weighted by Gasteiger charge is 2.20. The van der Waals surface area contributed by atoms with E-state index in [1.807, 2.05) is 18.3 Å². The van der Waals surface area contributed by atoms with Crippen molar-refractivity contribution in [1.29, 1.82) is 0 Å². The van der Waals surface area contributed by atoms with Crippen molar-refractivity contribution in [3.8, 4) is 0 Å². The van der Waals surface area contributed by atoms with E-state index in [4.69, 9.17) is 0 Å². The van der Waals surface area contributed by atoms with Crippen LogP contribution in [0.1, 0.15) is 24.1 Å². The van der Waals surface area contributed by atoms with Crippen LogP contribution in [0, 0.1) is 6.92 Å². The topological polar surface area (TPSA) is 53.9 Å². The Morgan fingerprint density at radius 1 is 1.19 bits per heavy atom. The van der Waals surface area contributed by atoms with Crippen LogP contribution in [0.3, 0.4) is 0 Å². The normalized spacial score (nSPS) is 19.4. The third-order valence-electron chi connectivity index (χ3n) is 3.91. The average molecular weight is 283 g/mol. The van der Waals surface area contributed by atoms with Crippen LogP contribution in [-0.4, -0.2) is 39.0 Å². The largest absolute Gasteiger partial charge is 0.350 e. The highest BCUT2D eigenvalue weighted by Crippen LogP contribution is 2.17. The molecule has 1 aliphatic heterocycles. The molecule has 1 saturated heterocycles. The number of nitrogens with one attached hydrogen (secondary N) is 1. The molecule has 3 heterocycles. The van der Waals surface area contributed by atoms with Crippen LogP contribution in [0.25, 0.3) is 0 Å². The van der Waals surface area contributed by atoms with Gasteiger partial charge < -0.3 is 5.32 Å².